The Labute approximate surface area is 95.9 Å². The Hall–Kier alpha value is -1.61. The van der Waals surface area contributed by atoms with Crippen molar-refractivity contribution < 1.29 is 0 Å². The maximum atomic E-state index is 5.91. The number of benzene rings is 1. The van der Waals surface area contributed by atoms with Crippen molar-refractivity contribution in [3.63, 3.8) is 0 Å². The molecule has 1 atom stereocenters. The Kier molecular flexibility index (Phi) is 3.06. The maximum Gasteiger partial charge on any atom is 0.0994 e. The summed E-state index contributed by atoms with van der Waals surface area (Å²) in [4.78, 5) is 4.16. The molecule has 3 nitrogen and oxygen atoms in total. The molecule has 1 heterocycles. The number of nitrogens with zero attached hydrogens (tertiary/aromatic N) is 2. The summed E-state index contributed by atoms with van der Waals surface area (Å²) in [5.41, 5.74) is 9.39. The molecule has 0 aliphatic rings. The van der Waals surface area contributed by atoms with Gasteiger partial charge >= 0.3 is 0 Å². The van der Waals surface area contributed by atoms with Crippen LogP contribution in [0, 0.1) is 0 Å². The van der Waals surface area contributed by atoms with Gasteiger partial charge in [0.25, 0.3) is 0 Å². The smallest absolute Gasteiger partial charge is 0.0994 e. The second-order valence-electron chi connectivity index (χ2n) is 4.00. The van der Waals surface area contributed by atoms with E-state index in [1.165, 1.54) is 5.56 Å². The molecule has 0 bridgehead atoms. The summed E-state index contributed by atoms with van der Waals surface area (Å²) in [5, 5.41) is 0. The lowest BCUT2D eigenvalue weighted by molar-refractivity contribution is 0.752. The van der Waals surface area contributed by atoms with E-state index in [0.717, 1.165) is 17.8 Å². The van der Waals surface area contributed by atoms with E-state index in [1.807, 2.05) is 24.0 Å². The Morgan fingerprint density at radius 2 is 2.25 bits per heavy atom. The van der Waals surface area contributed by atoms with Gasteiger partial charge in [-0.25, -0.2) is 4.98 Å². The molecule has 0 amide bonds. The first-order valence-corrected chi connectivity index (χ1v) is 5.59. The number of hydrogen-bond acceptors (Lipinski definition) is 2. The van der Waals surface area contributed by atoms with Gasteiger partial charge in [-0.2, -0.15) is 0 Å². The quantitative estimate of drug-likeness (QED) is 0.854. The van der Waals surface area contributed by atoms with Crippen molar-refractivity contribution in [1.82, 2.24) is 9.55 Å². The van der Waals surface area contributed by atoms with E-state index in [-0.39, 0.29) is 6.04 Å². The van der Waals surface area contributed by atoms with Crippen LogP contribution in [0.4, 0.5) is 0 Å². The van der Waals surface area contributed by atoms with E-state index >= 15 is 0 Å². The van der Waals surface area contributed by atoms with Crippen LogP contribution in [-0.4, -0.2) is 9.55 Å². The van der Waals surface area contributed by atoms with Crippen LogP contribution in [0.1, 0.15) is 31.1 Å². The maximum absolute atomic E-state index is 5.91. The Morgan fingerprint density at radius 1 is 1.44 bits per heavy atom. The number of rotatable bonds is 3. The molecule has 0 saturated carbocycles. The molecule has 0 saturated heterocycles. The topological polar surface area (TPSA) is 43.8 Å². The monoisotopic (exact) mass is 215 g/mol. The van der Waals surface area contributed by atoms with Gasteiger partial charge in [0, 0.05) is 11.7 Å². The largest absolute Gasteiger partial charge is 0.323 e. The summed E-state index contributed by atoms with van der Waals surface area (Å²) in [6, 6.07) is 8.44. The second kappa shape index (κ2) is 4.49. The highest BCUT2D eigenvalue weighted by molar-refractivity contribution is 5.37. The minimum absolute atomic E-state index is 0.00668. The molecular weight excluding hydrogens is 198 g/mol. The molecule has 0 spiro atoms. The zero-order chi connectivity index (χ0) is 11.5. The zero-order valence-electron chi connectivity index (χ0n) is 9.72. The van der Waals surface area contributed by atoms with Crippen LogP contribution in [0.2, 0.25) is 0 Å². The molecule has 0 fully saturated rings. The van der Waals surface area contributed by atoms with Gasteiger partial charge in [0.1, 0.15) is 0 Å². The summed E-state index contributed by atoms with van der Waals surface area (Å²) in [5.74, 6) is 0. The molecule has 84 valence electrons. The Morgan fingerprint density at radius 3 is 2.94 bits per heavy atom. The van der Waals surface area contributed by atoms with Gasteiger partial charge in [0.05, 0.1) is 18.2 Å². The fraction of sp³-hybridized carbons (Fsp3) is 0.308. The lowest BCUT2D eigenvalue weighted by Gasteiger charge is -2.11. The Balaban J connectivity index is 2.46. The third kappa shape index (κ3) is 1.99. The molecule has 0 unspecified atom stereocenters. The molecular formula is C13H17N3. The fourth-order valence-corrected chi connectivity index (χ4v) is 1.78. The predicted octanol–water partition coefficient (Wildman–Crippen LogP) is 2.45. The average molecular weight is 215 g/mol. The van der Waals surface area contributed by atoms with Gasteiger partial charge in [-0.15, -0.1) is 0 Å². The fourth-order valence-electron chi connectivity index (χ4n) is 1.78. The van der Waals surface area contributed by atoms with Crippen LogP contribution in [0.15, 0.2) is 36.8 Å². The molecule has 0 aliphatic heterocycles. The average Bonchev–Trinajstić information content (AvgIpc) is 2.78. The zero-order valence-corrected chi connectivity index (χ0v) is 9.72. The van der Waals surface area contributed by atoms with Crippen molar-refractivity contribution in [2.24, 2.45) is 5.73 Å². The number of nitrogens with two attached hydrogens (primary N) is 1. The summed E-state index contributed by atoms with van der Waals surface area (Å²) < 4.78 is 2.05. The molecule has 16 heavy (non-hydrogen) atoms. The van der Waals surface area contributed by atoms with Crippen molar-refractivity contribution in [1.29, 1.82) is 0 Å². The first-order valence-electron chi connectivity index (χ1n) is 5.59. The Bertz CT molecular complexity index is 472. The van der Waals surface area contributed by atoms with E-state index < -0.39 is 0 Å². The van der Waals surface area contributed by atoms with Crippen LogP contribution in [0.25, 0.3) is 5.69 Å². The molecule has 0 aliphatic carbocycles. The molecule has 3 heteroatoms. The summed E-state index contributed by atoms with van der Waals surface area (Å²) >= 11 is 0. The minimum Gasteiger partial charge on any atom is -0.323 e. The predicted molar refractivity (Wildman–Crippen MR) is 65.5 cm³/mol. The molecule has 0 radical (unpaired) electrons. The SMILES string of the molecule is CCc1cccc(-n2cncc2[C@@H](C)N)c1. The van der Waals surface area contributed by atoms with Crippen molar-refractivity contribution in [3.8, 4) is 5.69 Å². The lowest BCUT2D eigenvalue weighted by atomic mass is 10.1. The van der Waals surface area contributed by atoms with Crippen molar-refractivity contribution >= 4 is 0 Å². The molecule has 2 N–H and O–H groups in total. The van der Waals surface area contributed by atoms with Crippen molar-refractivity contribution in [2.75, 3.05) is 0 Å². The van der Waals surface area contributed by atoms with Crippen LogP contribution >= 0.6 is 0 Å². The second-order valence-corrected chi connectivity index (χ2v) is 4.00. The highest BCUT2D eigenvalue weighted by Gasteiger charge is 2.08. The van der Waals surface area contributed by atoms with E-state index in [2.05, 4.69) is 36.2 Å². The number of imidazole rings is 1. The molecule has 2 rings (SSSR count). The molecule has 2 aromatic rings. The number of hydrogen-bond donors (Lipinski definition) is 1. The third-order valence-electron chi connectivity index (χ3n) is 2.73. The van der Waals surface area contributed by atoms with Gasteiger partial charge in [-0.3, -0.25) is 0 Å². The highest BCUT2D eigenvalue weighted by atomic mass is 15.1. The van der Waals surface area contributed by atoms with E-state index in [4.69, 9.17) is 5.73 Å². The molecule has 1 aromatic carbocycles. The van der Waals surface area contributed by atoms with Crippen molar-refractivity contribution in [2.45, 2.75) is 26.3 Å². The van der Waals surface area contributed by atoms with E-state index in [0.29, 0.717) is 0 Å². The minimum atomic E-state index is -0.00668. The highest BCUT2D eigenvalue weighted by Crippen LogP contribution is 2.17. The van der Waals surface area contributed by atoms with Crippen LogP contribution in [-0.2, 0) is 6.42 Å². The lowest BCUT2D eigenvalue weighted by Crippen LogP contribution is -2.10. The van der Waals surface area contributed by atoms with Crippen LogP contribution in [0.5, 0.6) is 0 Å². The van der Waals surface area contributed by atoms with Gasteiger partial charge in [0.15, 0.2) is 0 Å². The summed E-state index contributed by atoms with van der Waals surface area (Å²) in [6.45, 7) is 4.12. The van der Waals surface area contributed by atoms with Gasteiger partial charge < -0.3 is 10.3 Å². The van der Waals surface area contributed by atoms with Crippen LogP contribution in [0.3, 0.4) is 0 Å². The van der Waals surface area contributed by atoms with Gasteiger partial charge in [-0.1, -0.05) is 19.1 Å². The normalized spacial score (nSPS) is 12.7. The van der Waals surface area contributed by atoms with Crippen molar-refractivity contribution in [3.05, 3.63) is 48.0 Å². The van der Waals surface area contributed by atoms with Gasteiger partial charge in [0.2, 0.25) is 0 Å². The summed E-state index contributed by atoms with van der Waals surface area (Å²) in [6.07, 6.45) is 4.67. The van der Waals surface area contributed by atoms with E-state index in [1.54, 1.807) is 0 Å². The van der Waals surface area contributed by atoms with Crippen LogP contribution < -0.4 is 5.73 Å². The summed E-state index contributed by atoms with van der Waals surface area (Å²) in [7, 11) is 0. The first-order chi connectivity index (χ1) is 7.72. The third-order valence-corrected chi connectivity index (χ3v) is 2.73. The number of aryl methyl sites for hydroxylation is 1. The van der Waals surface area contributed by atoms with Gasteiger partial charge in [-0.05, 0) is 31.0 Å². The van der Waals surface area contributed by atoms with E-state index in [9.17, 15) is 0 Å². The standard InChI is InChI=1S/C13H17N3/c1-3-11-5-4-6-12(7-11)16-9-15-8-13(16)10(2)14/h4-10H,3,14H2,1-2H3/t10-/m1/s1. The first kappa shape index (κ1) is 10.9. The number of aromatic nitrogens is 2. The molecule has 1 aromatic heterocycles.